The van der Waals surface area contributed by atoms with Crippen LogP contribution in [0.25, 0.3) is 27.8 Å². The molecule has 8 nitrogen and oxygen atoms in total. The van der Waals surface area contributed by atoms with Crippen LogP contribution in [0.2, 0.25) is 0 Å². The number of hydrogen-bond donors (Lipinski definition) is 1. The van der Waals surface area contributed by atoms with Crippen molar-refractivity contribution in [2.45, 2.75) is 13.0 Å². The first-order chi connectivity index (χ1) is 17.3. The fourth-order valence-electron chi connectivity index (χ4n) is 3.47. The Morgan fingerprint density at radius 2 is 1.83 bits per heavy atom. The van der Waals surface area contributed by atoms with Crippen LogP contribution in [-0.2, 0) is 0 Å². The smallest absolute Gasteiger partial charge is 0.387 e. The molecule has 0 saturated carbocycles. The van der Waals surface area contributed by atoms with Gasteiger partial charge in [0, 0.05) is 30.6 Å². The van der Waals surface area contributed by atoms with Crippen molar-refractivity contribution in [2.75, 3.05) is 19.4 Å². The Morgan fingerprint density at radius 3 is 2.50 bits per heavy atom. The largest absolute Gasteiger partial charge is 0.472 e. The SMILES string of the molecule is CN=Cc1cc(-n2nc3ccc(OCC(F)F)nc3c(-c3ccc(OC(F)F)cc3)c2=O)ccc1N. The molecule has 4 aromatic rings. The van der Waals surface area contributed by atoms with E-state index in [1.165, 1.54) is 42.6 Å². The van der Waals surface area contributed by atoms with E-state index < -0.39 is 25.2 Å². The number of aliphatic imine (C=N–C) groups is 1. The molecular weight excluding hydrogens is 482 g/mol. The van der Waals surface area contributed by atoms with Gasteiger partial charge in [0.05, 0.1) is 11.3 Å². The lowest BCUT2D eigenvalue weighted by molar-refractivity contribution is -0.0498. The standard InChI is InChI=1S/C24H19F4N5O3/c1-30-11-14-10-15(4-7-17(14)29)33-23(34)21(13-2-5-16(6-3-13)36-24(27)28)22-18(32-33)8-9-20(31-22)35-12-19(25)26/h2-11,19,24H,12,29H2,1H3. The van der Waals surface area contributed by atoms with E-state index in [9.17, 15) is 22.4 Å². The quantitative estimate of drug-likeness (QED) is 0.219. The topological polar surface area (TPSA) is 105 Å². The van der Waals surface area contributed by atoms with Gasteiger partial charge in [-0.2, -0.15) is 18.6 Å². The molecule has 0 amide bonds. The maximum Gasteiger partial charge on any atom is 0.387 e. The zero-order valence-corrected chi connectivity index (χ0v) is 18.7. The molecular formula is C24H19F4N5O3. The molecule has 2 heterocycles. The predicted molar refractivity (Wildman–Crippen MR) is 127 cm³/mol. The van der Waals surface area contributed by atoms with Crippen LogP contribution in [0.4, 0.5) is 23.2 Å². The first kappa shape index (κ1) is 24.6. The minimum Gasteiger partial charge on any atom is -0.472 e. The van der Waals surface area contributed by atoms with Gasteiger partial charge in [-0.1, -0.05) is 12.1 Å². The number of alkyl halides is 4. The average molecular weight is 501 g/mol. The first-order valence-electron chi connectivity index (χ1n) is 10.5. The molecule has 2 aromatic carbocycles. The number of nitrogen functional groups attached to an aromatic ring is 1. The van der Waals surface area contributed by atoms with E-state index >= 15 is 0 Å². The molecule has 186 valence electrons. The van der Waals surface area contributed by atoms with Crippen molar-refractivity contribution in [1.82, 2.24) is 14.8 Å². The molecule has 0 spiro atoms. The summed E-state index contributed by atoms with van der Waals surface area (Å²) >= 11 is 0. The van der Waals surface area contributed by atoms with E-state index in [2.05, 4.69) is 19.8 Å². The van der Waals surface area contributed by atoms with Crippen LogP contribution in [0.5, 0.6) is 11.6 Å². The molecule has 2 N–H and O–H groups in total. The van der Waals surface area contributed by atoms with Crippen LogP contribution in [0.1, 0.15) is 5.56 Å². The van der Waals surface area contributed by atoms with Crippen molar-refractivity contribution in [1.29, 1.82) is 0 Å². The summed E-state index contributed by atoms with van der Waals surface area (Å²) < 4.78 is 60.9. The van der Waals surface area contributed by atoms with Crippen molar-refractivity contribution < 1.29 is 27.0 Å². The zero-order valence-electron chi connectivity index (χ0n) is 18.7. The van der Waals surface area contributed by atoms with Gasteiger partial charge in [-0.05, 0) is 42.0 Å². The number of fused-ring (bicyclic) bond motifs is 1. The van der Waals surface area contributed by atoms with Crippen molar-refractivity contribution in [3.8, 4) is 28.4 Å². The molecule has 0 bridgehead atoms. The number of nitrogens with zero attached hydrogens (tertiary/aromatic N) is 4. The second-order valence-corrected chi connectivity index (χ2v) is 7.41. The maximum atomic E-state index is 13.7. The highest BCUT2D eigenvalue weighted by Gasteiger charge is 2.18. The molecule has 0 aliphatic heterocycles. The summed E-state index contributed by atoms with van der Waals surface area (Å²) in [6, 6.07) is 13.0. The van der Waals surface area contributed by atoms with Crippen molar-refractivity contribution in [3.63, 3.8) is 0 Å². The van der Waals surface area contributed by atoms with Gasteiger partial charge < -0.3 is 15.2 Å². The number of benzene rings is 2. The Hall–Kier alpha value is -4.48. The first-order valence-corrected chi connectivity index (χ1v) is 10.5. The molecule has 0 fully saturated rings. The van der Waals surface area contributed by atoms with Gasteiger partial charge in [-0.15, -0.1) is 0 Å². The highest BCUT2D eigenvalue weighted by atomic mass is 19.3. The molecule has 0 saturated heterocycles. The third-order valence-corrected chi connectivity index (χ3v) is 5.01. The Kier molecular flexibility index (Phi) is 7.13. The summed E-state index contributed by atoms with van der Waals surface area (Å²) in [5.74, 6) is -0.238. The van der Waals surface area contributed by atoms with Crippen LogP contribution in [0.3, 0.4) is 0 Å². The summed E-state index contributed by atoms with van der Waals surface area (Å²) in [7, 11) is 1.57. The van der Waals surface area contributed by atoms with Gasteiger partial charge in [0.2, 0.25) is 5.88 Å². The van der Waals surface area contributed by atoms with Gasteiger partial charge in [-0.25, -0.2) is 13.8 Å². The lowest BCUT2D eigenvalue weighted by atomic mass is 10.1. The minimum absolute atomic E-state index is 0.0497. The van der Waals surface area contributed by atoms with Crippen LogP contribution >= 0.6 is 0 Å². The van der Waals surface area contributed by atoms with E-state index in [1.54, 1.807) is 25.2 Å². The average Bonchev–Trinajstić information content (AvgIpc) is 2.84. The molecule has 0 aliphatic rings. The highest BCUT2D eigenvalue weighted by molar-refractivity contribution is 5.91. The van der Waals surface area contributed by atoms with Gasteiger partial charge in [0.15, 0.2) is 6.61 Å². The molecule has 0 atom stereocenters. The molecule has 0 unspecified atom stereocenters. The second-order valence-electron chi connectivity index (χ2n) is 7.41. The summed E-state index contributed by atoms with van der Waals surface area (Å²) in [6.45, 7) is -3.90. The summed E-state index contributed by atoms with van der Waals surface area (Å²) in [5, 5.41) is 4.38. The number of pyridine rings is 1. The molecule has 12 heteroatoms. The molecule has 0 aliphatic carbocycles. The van der Waals surface area contributed by atoms with Crippen molar-refractivity contribution in [3.05, 3.63) is 70.5 Å². The molecule has 0 radical (unpaired) electrons. The fraction of sp³-hybridized carbons (Fsp3) is 0.167. The number of ether oxygens (including phenoxy) is 2. The van der Waals surface area contributed by atoms with E-state index in [1.807, 2.05) is 0 Å². The monoisotopic (exact) mass is 501 g/mol. The summed E-state index contributed by atoms with van der Waals surface area (Å²) in [5.41, 5.74) is 7.45. The van der Waals surface area contributed by atoms with Crippen LogP contribution < -0.4 is 20.8 Å². The van der Waals surface area contributed by atoms with E-state index in [0.717, 1.165) is 4.68 Å². The Bertz CT molecular complexity index is 1470. The predicted octanol–water partition coefficient (Wildman–Crippen LogP) is 4.32. The lowest BCUT2D eigenvalue weighted by Crippen LogP contribution is -2.24. The fourth-order valence-corrected chi connectivity index (χ4v) is 3.47. The normalized spacial score (nSPS) is 11.6. The Balaban J connectivity index is 1.93. The molecule has 4 rings (SSSR count). The Morgan fingerprint density at radius 1 is 1.08 bits per heavy atom. The lowest BCUT2D eigenvalue weighted by Gasteiger charge is -2.13. The van der Waals surface area contributed by atoms with E-state index in [0.29, 0.717) is 22.5 Å². The number of hydrogen-bond acceptors (Lipinski definition) is 7. The third kappa shape index (κ3) is 5.27. The zero-order chi connectivity index (χ0) is 25.8. The van der Waals surface area contributed by atoms with Crippen LogP contribution in [-0.4, -0.2) is 47.7 Å². The van der Waals surface area contributed by atoms with Gasteiger partial charge in [0.25, 0.3) is 12.0 Å². The second kappa shape index (κ2) is 10.4. The third-order valence-electron chi connectivity index (χ3n) is 5.01. The Labute approximate surface area is 201 Å². The van der Waals surface area contributed by atoms with Crippen molar-refractivity contribution in [2.24, 2.45) is 4.99 Å². The number of halogens is 4. The number of anilines is 1. The van der Waals surface area contributed by atoms with Gasteiger partial charge in [-0.3, -0.25) is 9.79 Å². The van der Waals surface area contributed by atoms with Gasteiger partial charge >= 0.3 is 6.61 Å². The number of nitrogens with two attached hydrogens (primary N) is 1. The summed E-state index contributed by atoms with van der Waals surface area (Å²) in [6.07, 6.45) is -1.19. The van der Waals surface area contributed by atoms with E-state index in [-0.39, 0.29) is 28.2 Å². The minimum atomic E-state index is -3.02. The van der Waals surface area contributed by atoms with Gasteiger partial charge in [0.1, 0.15) is 16.8 Å². The molecule has 2 aromatic heterocycles. The highest BCUT2D eigenvalue weighted by Crippen LogP contribution is 2.28. The number of rotatable bonds is 8. The van der Waals surface area contributed by atoms with Crippen molar-refractivity contribution >= 4 is 22.9 Å². The van der Waals surface area contributed by atoms with E-state index in [4.69, 9.17) is 10.5 Å². The maximum absolute atomic E-state index is 13.7. The van der Waals surface area contributed by atoms with Crippen LogP contribution in [0, 0.1) is 0 Å². The number of aromatic nitrogens is 3. The molecule has 36 heavy (non-hydrogen) atoms. The summed E-state index contributed by atoms with van der Waals surface area (Å²) in [4.78, 5) is 21.8. The van der Waals surface area contributed by atoms with Crippen LogP contribution in [0.15, 0.2) is 64.4 Å².